The smallest absolute Gasteiger partial charge is 0.363 e. The van der Waals surface area contributed by atoms with Crippen LogP contribution in [0, 0.1) is 3.57 Å². The molecule has 1 heterocycles. The van der Waals surface area contributed by atoms with E-state index in [-0.39, 0.29) is 11.6 Å². The van der Waals surface area contributed by atoms with Crippen LogP contribution in [0.15, 0.2) is 75.8 Å². The highest BCUT2D eigenvalue weighted by Crippen LogP contribution is 2.38. The van der Waals surface area contributed by atoms with Gasteiger partial charge in [0.1, 0.15) is 0 Å². The second kappa shape index (κ2) is 11.4. The Labute approximate surface area is 225 Å². The Hall–Kier alpha value is -2.36. The van der Waals surface area contributed by atoms with E-state index in [1.807, 2.05) is 55.5 Å². The molecule has 0 saturated heterocycles. The standard InChI is InChI=1S/C26H20BrClINO4/c1-2-32-23-14-17(12-20(28)24(23)33-11-10-16-6-4-3-5-7-16)13-22-26(31)34-25(30-22)18-8-9-21(29)19(27)15-18/h3-9,12-15H,2,10-11H2,1H3/b22-13-. The lowest BCUT2D eigenvalue weighted by atomic mass is 10.1. The van der Waals surface area contributed by atoms with Crippen LogP contribution in [0.4, 0.5) is 0 Å². The molecule has 0 aromatic heterocycles. The zero-order valence-electron chi connectivity index (χ0n) is 18.2. The van der Waals surface area contributed by atoms with Crippen molar-refractivity contribution in [2.45, 2.75) is 13.3 Å². The number of cyclic esters (lactones) is 1. The molecule has 0 amide bonds. The molecule has 1 aliphatic rings. The molecule has 0 spiro atoms. The molecule has 0 unspecified atom stereocenters. The molecule has 1 aliphatic heterocycles. The van der Waals surface area contributed by atoms with Crippen LogP contribution in [0.1, 0.15) is 23.6 Å². The highest BCUT2D eigenvalue weighted by Gasteiger charge is 2.25. The topological polar surface area (TPSA) is 57.1 Å². The highest BCUT2D eigenvalue weighted by molar-refractivity contribution is 14.1. The van der Waals surface area contributed by atoms with Crippen molar-refractivity contribution in [2.75, 3.05) is 13.2 Å². The predicted molar refractivity (Wildman–Crippen MR) is 146 cm³/mol. The molecule has 3 aromatic carbocycles. The number of benzene rings is 3. The van der Waals surface area contributed by atoms with E-state index in [0.29, 0.717) is 40.9 Å². The van der Waals surface area contributed by atoms with Gasteiger partial charge in [-0.05, 0) is 93.0 Å². The van der Waals surface area contributed by atoms with Crippen LogP contribution < -0.4 is 9.47 Å². The van der Waals surface area contributed by atoms with E-state index in [2.05, 4.69) is 43.5 Å². The molecule has 174 valence electrons. The van der Waals surface area contributed by atoms with Gasteiger partial charge in [0.15, 0.2) is 17.2 Å². The third-order valence-corrected chi connectivity index (χ3v) is 7.52. The Morgan fingerprint density at radius 3 is 2.65 bits per heavy atom. The van der Waals surface area contributed by atoms with Crippen molar-refractivity contribution in [1.29, 1.82) is 0 Å². The summed E-state index contributed by atoms with van der Waals surface area (Å²) in [5.41, 5.74) is 2.72. The zero-order chi connectivity index (χ0) is 24.1. The average Bonchev–Trinajstić information content (AvgIpc) is 3.18. The molecule has 0 bridgehead atoms. The summed E-state index contributed by atoms with van der Waals surface area (Å²) in [5, 5.41) is 0.392. The third kappa shape index (κ3) is 6.00. The summed E-state index contributed by atoms with van der Waals surface area (Å²) in [5.74, 6) is 0.711. The number of aliphatic imine (C=N–C) groups is 1. The van der Waals surface area contributed by atoms with E-state index in [0.717, 1.165) is 14.5 Å². The quantitative estimate of drug-likeness (QED) is 0.148. The number of esters is 1. The van der Waals surface area contributed by atoms with Gasteiger partial charge in [0.2, 0.25) is 5.90 Å². The fourth-order valence-corrected chi connectivity index (χ4v) is 4.30. The summed E-state index contributed by atoms with van der Waals surface area (Å²) < 4.78 is 19.1. The molecule has 3 aromatic rings. The van der Waals surface area contributed by atoms with Gasteiger partial charge >= 0.3 is 5.97 Å². The number of ether oxygens (including phenoxy) is 3. The molecular weight excluding hydrogens is 633 g/mol. The van der Waals surface area contributed by atoms with Crippen LogP contribution in [-0.4, -0.2) is 25.1 Å². The van der Waals surface area contributed by atoms with Gasteiger partial charge in [0, 0.05) is 20.0 Å². The highest BCUT2D eigenvalue weighted by atomic mass is 127. The maximum Gasteiger partial charge on any atom is 0.363 e. The summed E-state index contributed by atoms with van der Waals surface area (Å²) in [6.07, 6.45) is 2.37. The number of carbonyl (C=O) groups excluding carboxylic acids is 1. The Morgan fingerprint density at radius 2 is 1.91 bits per heavy atom. The number of carbonyl (C=O) groups is 1. The van der Waals surface area contributed by atoms with E-state index in [1.54, 1.807) is 18.2 Å². The Kier molecular flexibility index (Phi) is 8.28. The van der Waals surface area contributed by atoms with E-state index < -0.39 is 5.97 Å². The first-order valence-corrected chi connectivity index (χ1v) is 12.8. The first kappa shape index (κ1) is 24.8. The zero-order valence-corrected chi connectivity index (χ0v) is 22.7. The van der Waals surface area contributed by atoms with E-state index in [1.165, 1.54) is 5.56 Å². The van der Waals surface area contributed by atoms with Crippen LogP contribution in [0.25, 0.3) is 6.08 Å². The Bertz CT molecular complexity index is 1280. The third-order valence-electron chi connectivity index (χ3n) is 4.90. The van der Waals surface area contributed by atoms with E-state index in [9.17, 15) is 4.79 Å². The molecule has 0 atom stereocenters. The maximum absolute atomic E-state index is 12.4. The van der Waals surface area contributed by atoms with Crippen molar-refractivity contribution in [3.8, 4) is 11.5 Å². The second-order valence-corrected chi connectivity index (χ2v) is 9.74. The van der Waals surface area contributed by atoms with Crippen molar-refractivity contribution in [1.82, 2.24) is 0 Å². The summed E-state index contributed by atoms with van der Waals surface area (Å²) in [6.45, 7) is 2.78. The minimum atomic E-state index is -0.526. The maximum atomic E-state index is 12.4. The minimum Gasteiger partial charge on any atom is -0.490 e. The number of hydrogen-bond donors (Lipinski definition) is 0. The molecule has 0 fully saturated rings. The first-order chi connectivity index (χ1) is 16.4. The molecule has 0 radical (unpaired) electrons. The monoisotopic (exact) mass is 651 g/mol. The summed E-state index contributed by atoms with van der Waals surface area (Å²) in [6, 6.07) is 19.2. The summed E-state index contributed by atoms with van der Waals surface area (Å²) in [4.78, 5) is 16.8. The fraction of sp³-hybridized carbons (Fsp3) is 0.154. The van der Waals surface area contributed by atoms with Gasteiger partial charge in [-0.1, -0.05) is 41.9 Å². The first-order valence-electron chi connectivity index (χ1n) is 10.6. The minimum absolute atomic E-state index is 0.181. The molecule has 5 nitrogen and oxygen atoms in total. The van der Waals surface area contributed by atoms with Crippen LogP contribution in [0.5, 0.6) is 11.5 Å². The normalized spacial score (nSPS) is 14.2. The molecule has 34 heavy (non-hydrogen) atoms. The van der Waals surface area contributed by atoms with Gasteiger partial charge in [-0.25, -0.2) is 9.79 Å². The SMILES string of the molecule is CCOc1cc(/C=C2\N=C(c3ccc(I)c(Br)c3)OC2=O)cc(Cl)c1OCCc1ccccc1. The number of nitrogens with zero attached hydrogens (tertiary/aromatic N) is 1. The van der Waals surface area contributed by atoms with Gasteiger partial charge < -0.3 is 14.2 Å². The molecule has 8 heteroatoms. The van der Waals surface area contributed by atoms with E-state index in [4.69, 9.17) is 25.8 Å². The summed E-state index contributed by atoms with van der Waals surface area (Å²) in [7, 11) is 0. The number of hydrogen-bond acceptors (Lipinski definition) is 5. The molecular formula is C26H20BrClINO4. The largest absolute Gasteiger partial charge is 0.490 e. The van der Waals surface area contributed by atoms with Gasteiger partial charge in [0.25, 0.3) is 0 Å². The molecule has 0 saturated carbocycles. The second-order valence-electron chi connectivity index (χ2n) is 7.31. The number of halogens is 3. The van der Waals surface area contributed by atoms with Gasteiger partial charge in [0.05, 0.1) is 18.2 Å². The van der Waals surface area contributed by atoms with Gasteiger partial charge in [-0.2, -0.15) is 0 Å². The van der Waals surface area contributed by atoms with Crippen molar-refractivity contribution < 1.29 is 19.0 Å². The van der Waals surface area contributed by atoms with Crippen molar-refractivity contribution >= 4 is 68.1 Å². The van der Waals surface area contributed by atoms with Crippen LogP contribution in [0.3, 0.4) is 0 Å². The van der Waals surface area contributed by atoms with Crippen LogP contribution in [-0.2, 0) is 16.0 Å². The molecule has 0 aliphatic carbocycles. The molecule has 0 N–H and O–H groups in total. The Balaban J connectivity index is 1.57. The number of rotatable bonds is 8. The van der Waals surface area contributed by atoms with E-state index >= 15 is 0 Å². The van der Waals surface area contributed by atoms with Gasteiger partial charge in [-0.3, -0.25) is 0 Å². The fourth-order valence-electron chi connectivity index (χ4n) is 3.31. The summed E-state index contributed by atoms with van der Waals surface area (Å²) >= 11 is 12.2. The molecule has 4 rings (SSSR count). The lowest BCUT2D eigenvalue weighted by Crippen LogP contribution is -2.05. The average molecular weight is 653 g/mol. The van der Waals surface area contributed by atoms with Gasteiger partial charge in [-0.15, -0.1) is 0 Å². The van der Waals surface area contributed by atoms with Crippen molar-refractivity contribution in [2.24, 2.45) is 4.99 Å². The van der Waals surface area contributed by atoms with Crippen LogP contribution in [0.2, 0.25) is 5.02 Å². The predicted octanol–water partition coefficient (Wildman–Crippen LogP) is 7.07. The van der Waals surface area contributed by atoms with Crippen LogP contribution >= 0.6 is 50.1 Å². The van der Waals surface area contributed by atoms with Crippen molar-refractivity contribution in [3.05, 3.63) is 96.1 Å². The lowest BCUT2D eigenvalue weighted by Gasteiger charge is -2.14. The lowest BCUT2D eigenvalue weighted by molar-refractivity contribution is -0.129. The Morgan fingerprint density at radius 1 is 1.12 bits per heavy atom. The van der Waals surface area contributed by atoms with Crippen molar-refractivity contribution in [3.63, 3.8) is 0 Å².